The van der Waals surface area contributed by atoms with Gasteiger partial charge in [-0.05, 0) is 58.1 Å². The number of amides is 1. The van der Waals surface area contributed by atoms with Gasteiger partial charge < -0.3 is 19.3 Å². The van der Waals surface area contributed by atoms with E-state index in [1.54, 1.807) is 21.6 Å². The quantitative estimate of drug-likeness (QED) is 0.541. The molecule has 2 saturated heterocycles. The lowest BCUT2D eigenvalue weighted by Gasteiger charge is -2.34. The number of carbonyl (C=O) groups excluding carboxylic acids is 1. The third kappa shape index (κ3) is 5.59. The van der Waals surface area contributed by atoms with E-state index in [2.05, 4.69) is 9.88 Å². The van der Waals surface area contributed by atoms with Gasteiger partial charge in [-0.3, -0.25) is 4.40 Å². The Labute approximate surface area is 210 Å². The van der Waals surface area contributed by atoms with Crippen molar-refractivity contribution < 1.29 is 18.7 Å². The van der Waals surface area contributed by atoms with Crippen molar-refractivity contribution >= 4 is 17.6 Å². The summed E-state index contributed by atoms with van der Waals surface area (Å²) in [6.45, 7) is 9.75. The fourth-order valence-electron chi connectivity index (χ4n) is 4.80. The Morgan fingerprint density at radius 3 is 2.78 bits per heavy atom. The Morgan fingerprint density at radius 2 is 2.00 bits per heavy atom. The Balaban J connectivity index is 1.43. The van der Waals surface area contributed by atoms with E-state index < -0.39 is 5.60 Å². The first-order valence-electron chi connectivity index (χ1n) is 12.6. The monoisotopic (exact) mass is 496 g/mol. The number of hydrogen-bond donors (Lipinski definition) is 0. The molecule has 0 bridgehead atoms. The number of halogens is 1. The summed E-state index contributed by atoms with van der Waals surface area (Å²) in [6, 6.07) is 5.06. The molecule has 10 heteroatoms. The summed E-state index contributed by atoms with van der Waals surface area (Å²) < 4.78 is 26.8. The van der Waals surface area contributed by atoms with Crippen LogP contribution in [0.2, 0.25) is 0 Å². The van der Waals surface area contributed by atoms with Crippen LogP contribution in [0.15, 0.2) is 30.6 Å². The predicted octanol–water partition coefficient (Wildman–Crippen LogP) is 3.96. The Bertz CT molecular complexity index is 1230. The molecule has 5 rings (SSSR count). The Kier molecular flexibility index (Phi) is 6.79. The van der Waals surface area contributed by atoms with E-state index in [9.17, 15) is 9.18 Å². The number of imidazole rings is 1. The minimum atomic E-state index is -0.522. The van der Waals surface area contributed by atoms with Crippen LogP contribution in [-0.4, -0.2) is 75.3 Å². The summed E-state index contributed by atoms with van der Waals surface area (Å²) in [7, 11) is 0. The molecule has 2 fully saturated rings. The molecule has 192 valence electrons. The molecule has 36 heavy (non-hydrogen) atoms. The van der Waals surface area contributed by atoms with Crippen LogP contribution in [0.5, 0.6) is 0 Å². The zero-order chi connectivity index (χ0) is 25.3. The fraction of sp³-hybridized carbons (Fsp3) is 0.538. The molecule has 3 aromatic rings. The van der Waals surface area contributed by atoms with Crippen LogP contribution < -0.4 is 4.90 Å². The molecule has 5 heterocycles. The van der Waals surface area contributed by atoms with Crippen molar-refractivity contribution in [1.82, 2.24) is 24.3 Å². The third-order valence-electron chi connectivity index (χ3n) is 6.47. The number of fused-ring (bicyclic) bond motifs is 1. The molecule has 2 aliphatic heterocycles. The topological polar surface area (TPSA) is 85.1 Å². The van der Waals surface area contributed by atoms with E-state index in [-0.39, 0.29) is 17.8 Å². The molecule has 3 aromatic heterocycles. The van der Waals surface area contributed by atoms with Gasteiger partial charge in [0.25, 0.3) is 0 Å². The second-order valence-electron chi connectivity index (χ2n) is 10.5. The van der Waals surface area contributed by atoms with Crippen molar-refractivity contribution in [3.8, 4) is 11.5 Å². The predicted molar refractivity (Wildman–Crippen MR) is 133 cm³/mol. The maximum absolute atomic E-state index is 14.0. The second kappa shape index (κ2) is 10.0. The van der Waals surface area contributed by atoms with Crippen LogP contribution in [0.3, 0.4) is 0 Å². The number of aromatic nitrogens is 4. The zero-order valence-electron chi connectivity index (χ0n) is 21.1. The van der Waals surface area contributed by atoms with Crippen LogP contribution in [0, 0.1) is 11.7 Å². The molecule has 0 spiro atoms. The number of anilines is 1. The van der Waals surface area contributed by atoms with Crippen molar-refractivity contribution in [2.75, 3.05) is 44.3 Å². The van der Waals surface area contributed by atoms with Crippen molar-refractivity contribution in [2.24, 2.45) is 5.92 Å². The molecular formula is C26H33FN6O3. The number of ether oxygens (including phenoxy) is 2. The van der Waals surface area contributed by atoms with Crippen LogP contribution in [-0.2, 0) is 15.9 Å². The van der Waals surface area contributed by atoms with Gasteiger partial charge in [-0.25, -0.2) is 24.1 Å². The first kappa shape index (κ1) is 24.4. The molecule has 0 aromatic carbocycles. The Hall–Kier alpha value is -3.27. The molecule has 0 unspecified atom stereocenters. The minimum Gasteiger partial charge on any atom is -0.444 e. The molecule has 0 saturated carbocycles. The number of carbonyl (C=O) groups is 1. The van der Waals surface area contributed by atoms with E-state index in [1.165, 1.54) is 12.3 Å². The second-order valence-corrected chi connectivity index (χ2v) is 10.5. The van der Waals surface area contributed by atoms with Gasteiger partial charge in [0.2, 0.25) is 0 Å². The summed E-state index contributed by atoms with van der Waals surface area (Å²) in [6.07, 6.45) is 5.45. The van der Waals surface area contributed by atoms with Crippen LogP contribution in [0.25, 0.3) is 17.2 Å². The van der Waals surface area contributed by atoms with E-state index in [1.807, 2.05) is 26.8 Å². The lowest BCUT2D eigenvalue weighted by atomic mass is 9.93. The lowest BCUT2D eigenvalue weighted by Crippen LogP contribution is -2.43. The van der Waals surface area contributed by atoms with Gasteiger partial charge in [-0.1, -0.05) is 0 Å². The summed E-state index contributed by atoms with van der Waals surface area (Å²) in [5.41, 5.74) is 1.64. The molecule has 1 atom stereocenters. The number of piperidine rings is 1. The largest absolute Gasteiger partial charge is 0.444 e. The van der Waals surface area contributed by atoms with Crippen molar-refractivity contribution in [2.45, 2.75) is 45.6 Å². The zero-order valence-corrected chi connectivity index (χ0v) is 21.1. The summed E-state index contributed by atoms with van der Waals surface area (Å²) in [5.74, 6) is 1.23. The van der Waals surface area contributed by atoms with Gasteiger partial charge in [0.1, 0.15) is 28.6 Å². The molecular weight excluding hydrogens is 463 g/mol. The van der Waals surface area contributed by atoms with Gasteiger partial charge in [0.05, 0.1) is 19.4 Å². The molecule has 2 aliphatic rings. The van der Waals surface area contributed by atoms with Crippen LogP contribution >= 0.6 is 0 Å². The highest BCUT2D eigenvalue weighted by atomic mass is 19.1. The summed E-state index contributed by atoms with van der Waals surface area (Å²) in [4.78, 5) is 30.8. The number of likely N-dealkylation sites (tertiary alicyclic amines) is 1. The standard InChI is InChI=1S/C26H33FN6O3/c1-26(2,3)36-25(34)32-8-4-5-18(16-32)13-20-14-23(31-9-11-35-12-10-31)30-24(29-20)21-15-28-22-7-6-19(27)17-33(21)22/h6-7,14-15,17-18H,4-5,8-13,16H2,1-3H3/t18-/m0/s1. The van der Waals surface area contributed by atoms with Gasteiger partial charge in [-0.2, -0.15) is 0 Å². The molecule has 0 radical (unpaired) electrons. The molecule has 1 amide bonds. The average Bonchev–Trinajstić information content (AvgIpc) is 3.26. The van der Waals surface area contributed by atoms with Gasteiger partial charge in [0, 0.05) is 44.1 Å². The molecule has 9 nitrogen and oxygen atoms in total. The van der Waals surface area contributed by atoms with Gasteiger partial charge in [-0.15, -0.1) is 0 Å². The lowest BCUT2D eigenvalue weighted by molar-refractivity contribution is 0.0165. The highest BCUT2D eigenvalue weighted by molar-refractivity contribution is 5.68. The highest BCUT2D eigenvalue weighted by Gasteiger charge is 2.28. The maximum atomic E-state index is 14.0. The molecule has 0 aliphatic carbocycles. The van der Waals surface area contributed by atoms with Crippen LogP contribution in [0.4, 0.5) is 15.0 Å². The first-order chi connectivity index (χ1) is 17.2. The SMILES string of the molecule is CC(C)(C)OC(=O)N1CCC[C@@H](Cc2cc(N3CCOCC3)nc(-c3cnc4ccc(F)cn34)n2)C1. The van der Waals surface area contributed by atoms with E-state index >= 15 is 0 Å². The minimum absolute atomic E-state index is 0.256. The number of morpholine rings is 1. The first-order valence-corrected chi connectivity index (χ1v) is 12.6. The smallest absolute Gasteiger partial charge is 0.410 e. The van der Waals surface area contributed by atoms with Crippen molar-refractivity contribution in [1.29, 1.82) is 0 Å². The molecule has 0 N–H and O–H groups in total. The van der Waals surface area contributed by atoms with Crippen LogP contribution in [0.1, 0.15) is 39.3 Å². The van der Waals surface area contributed by atoms with Gasteiger partial charge >= 0.3 is 6.09 Å². The fourth-order valence-corrected chi connectivity index (χ4v) is 4.80. The maximum Gasteiger partial charge on any atom is 0.410 e. The normalized spacial score (nSPS) is 19.1. The van der Waals surface area contributed by atoms with E-state index in [0.29, 0.717) is 49.9 Å². The number of pyridine rings is 1. The third-order valence-corrected chi connectivity index (χ3v) is 6.47. The summed E-state index contributed by atoms with van der Waals surface area (Å²) in [5, 5.41) is 0. The van der Waals surface area contributed by atoms with E-state index in [0.717, 1.165) is 37.4 Å². The van der Waals surface area contributed by atoms with Gasteiger partial charge in [0.15, 0.2) is 5.82 Å². The summed E-state index contributed by atoms with van der Waals surface area (Å²) >= 11 is 0. The number of rotatable bonds is 4. The highest BCUT2D eigenvalue weighted by Crippen LogP contribution is 2.27. The van der Waals surface area contributed by atoms with Crippen molar-refractivity contribution in [3.63, 3.8) is 0 Å². The van der Waals surface area contributed by atoms with E-state index in [4.69, 9.17) is 19.4 Å². The van der Waals surface area contributed by atoms with Crippen molar-refractivity contribution in [3.05, 3.63) is 42.1 Å². The average molecular weight is 497 g/mol. The number of hydrogen-bond acceptors (Lipinski definition) is 7. The number of nitrogens with zero attached hydrogens (tertiary/aromatic N) is 6. The Morgan fingerprint density at radius 1 is 1.19 bits per heavy atom.